The van der Waals surface area contributed by atoms with E-state index in [0.717, 1.165) is 30.0 Å². The number of carbonyl (C=O) groups is 1. The predicted molar refractivity (Wildman–Crippen MR) is 101 cm³/mol. The zero-order valence-corrected chi connectivity index (χ0v) is 16.1. The number of nitrogens with zero attached hydrogens (tertiary/aromatic N) is 5. The van der Waals surface area contributed by atoms with Crippen LogP contribution < -0.4 is 0 Å². The van der Waals surface area contributed by atoms with E-state index < -0.39 is 0 Å². The molecule has 0 N–H and O–H groups in total. The number of aromatic nitrogens is 4. The number of piperidine rings is 1. The van der Waals surface area contributed by atoms with Crippen LogP contribution in [0.25, 0.3) is 15.5 Å². The van der Waals surface area contributed by atoms with Crippen molar-refractivity contribution in [1.82, 2.24) is 24.7 Å². The van der Waals surface area contributed by atoms with Crippen molar-refractivity contribution in [3.63, 3.8) is 0 Å². The fourth-order valence-electron chi connectivity index (χ4n) is 2.99. The minimum absolute atomic E-state index is 0.0749. The zero-order chi connectivity index (χ0) is 16.7. The number of rotatable bonds is 2. The average molecular weight is 453 g/mol. The van der Waals surface area contributed by atoms with E-state index in [2.05, 4.69) is 44.8 Å². The molecule has 4 rings (SSSR count). The second-order valence-electron chi connectivity index (χ2n) is 5.98. The molecule has 1 aliphatic rings. The van der Waals surface area contributed by atoms with Crippen LogP contribution in [0.3, 0.4) is 0 Å². The maximum atomic E-state index is 12.8. The standard InChI is InChI=1S/C16H16IN5OS/c1-10-4-2-3-9-21(10)15(23)13-18-19-16-22(13)20-14(24-16)11-5-7-12(17)8-6-11/h5-8,10H,2-4,9H2,1H3. The molecule has 0 spiro atoms. The first-order valence-electron chi connectivity index (χ1n) is 7.92. The molecule has 8 heteroatoms. The van der Waals surface area contributed by atoms with Crippen LogP contribution in [0.4, 0.5) is 0 Å². The normalized spacial score (nSPS) is 18.2. The Morgan fingerprint density at radius 3 is 2.79 bits per heavy atom. The first kappa shape index (κ1) is 15.9. The highest BCUT2D eigenvalue weighted by atomic mass is 127. The van der Waals surface area contributed by atoms with E-state index in [-0.39, 0.29) is 11.9 Å². The Morgan fingerprint density at radius 2 is 2.04 bits per heavy atom. The number of likely N-dealkylation sites (tertiary alicyclic amines) is 1. The molecule has 0 bridgehead atoms. The van der Waals surface area contributed by atoms with Gasteiger partial charge < -0.3 is 4.90 Å². The monoisotopic (exact) mass is 453 g/mol. The van der Waals surface area contributed by atoms with Gasteiger partial charge in [-0.25, -0.2) is 0 Å². The highest BCUT2D eigenvalue weighted by molar-refractivity contribution is 14.1. The Kier molecular flexibility index (Phi) is 4.25. The van der Waals surface area contributed by atoms with Crippen LogP contribution in [0.15, 0.2) is 24.3 Å². The van der Waals surface area contributed by atoms with Gasteiger partial charge in [-0.05, 0) is 60.9 Å². The Morgan fingerprint density at radius 1 is 1.25 bits per heavy atom. The van der Waals surface area contributed by atoms with E-state index in [0.29, 0.717) is 10.8 Å². The lowest BCUT2D eigenvalue weighted by Gasteiger charge is -2.32. The molecule has 1 amide bonds. The maximum Gasteiger partial charge on any atom is 0.293 e. The lowest BCUT2D eigenvalue weighted by Crippen LogP contribution is -2.42. The van der Waals surface area contributed by atoms with Crippen molar-refractivity contribution >= 4 is 44.8 Å². The summed E-state index contributed by atoms with van der Waals surface area (Å²) in [5.74, 6) is 0.237. The largest absolute Gasteiger partial charge is 0.333 e. The molecule has 0 radical (unpaired) electrons. The first-order chi connectivity index (χ1) is 11.6. The third kappa shape index (κ3) is 2.81. The summed E-state index contributed by atoms with van der Waals surface area (Å²) >= 11 is 3.72. The number of amides is 1. The number of hydrogen-bond donors (Lipinski definition) is 0. The van der Waals surface area contributed by atoms with Crippen molar-refractivity contribution in [3.8, 4) is 10.6 Å². The topological polar surface area (TPSA) is 63.4 Å². The summed E-state index contributed by atoms with van der Waals surface area (Å²) in [6, 6.07) is 8.39. The molecule has 0 saturated carbocycles. The van der Waals surface area contributed by atoms with E-state index in [1.165, 1.54) is 21.3 Å². The summed E-state index contributed by atoms with van der Waals surface area (Å²) in [6.07, 6.45) is 3.26. The third-order valence-corrected chi connectivity index (χ3v) is 6.00. The summed E-state index contributed by atoms with van der Waals surface area (Å²) in [5.41, 5.74) is 1.02. The van der Waals surface area contributed by atoms with Gasteiger partial charge in [-0.3, -0.25) is 4.79 Å². The Bertz CT molecular complexity index is 888. The van der Waals surface area contributed by atoms with Gasteiger partial charge >= 0.3 is 0 Å². The van der Waals surface area contributed by atoms with Crippen molar-refractivity contribution in [3.05, 3.63) is 33.7 Å². The molecule has 6 nitrogen and oxygen atoms in total. The van der Waals surface area contributed by atoms with Gasteiger partial charge in [-0.2, -0.15) is 9.61 Å². The number of halogens is 1. The average Bonchev–Trinajstić information content (AvgIpc) is 3.16. The minimum atomic E-state index is -0.0749. The molecule has 1 atom stereocenters. The summed E-state index contributed by atoms with van der Waals surface area (Å²) in [6.45, 7) is 2.87. The van der Waals surface area contributed by atoms with Crippen LogP contribution >= 0.6 is 33.9 Å². The molecule has 2 aromatic heterocycles. The fourth-order valence-corrected chi connectivity index (χ4v) is 4.19. The van der Waals surface area contributed by atoms with Gasteiger partial charge in [0.05, 0.1) is 0 Å². The lowest BCUT2D eigenvalue weighted by atomic mass is 10.0. The van der Waals surface area contributed by atoms with E-state index in [4.69, 9.17) is 0 Å². The van der Waals surface area contributed by atoms with E-state index >= 15 is 0 Å². The van der Waals surface area contributed by atoms with Crippen LogP contribution in [0.1, 0.15) is 36.8 Å². The van der Waals surface area contributed by atoms with Crippen LogP contribution in [-0.4, -0.2) is 43.2 Å². The van der Waals surface area contributed by atoms with Gasteiger partial charge in [0.2, 0.25) is 10.8 Å². The Balaban J connectivity index is 1.69. The van der Waals surface area contributed by atoms with E-state index in [9.17, 15) is 4.79 Å². The molecule has 1 saturated heterocycles. The molecular formula is C16H16IN5OS. The number of hydrogen-bond acceptors (Lipinski definition) is 5. The van der Waals surface area contributed by atoms with Crippen molar-refractivity contribution in [2.75, 3.05) is 6.54 Å². The SMILES string of the molecule is CC1CCCCN1C(=O)c1nnc2sc(-c3ccc(I)cc3)nn12. The van der Waals surface area contributed by atoms with Crippen LogP contribution in [0.2, 0.25) is 0 Å². The summed E-state index contributed by atoms with van der Waals surface area (Å²) in [7, 11) is 0. The first-order valence-corrected chi connectivity index (χ1v) is 9.82. The predicted octanol–water partition coefficient (Wildman–Crippen LogP) is 3.47. The highest BCUT2D eigenvalue weighted by Crippen LogP contribution is 2.27. The van der Waals surface area contributed by atoms with E-state index in [1.807, 2.05) is 29.2 Å². The van der Waals surface area contributed by atoms with Gasteiger partial charge in [0, 0.05) is 21.7 Å². The van der Waals surface area contributed by atoms with Crippen LogP contribution in [0, 0.1) is 3.57 Å². The summed E-state index contributed by atoms with van der Waals surface area (Å²) in [5, 5.41) is 13.6. The second kappa shape index (κ2) is 6.40. The van der Waals surface area contributed by atoms with Crippen molar-refractivity contribution < 1.29 is 4.79 Å². The van der Waals surface area contributed by atoms with Gasteiger partial charge in [-0.15, -0.1) is 10.2 Å². The van der Waals surface area contributed by atoms with Crippen LogP contribution in [-0.2, 0) is 0 Å². The molecule has 1 unspecified atom stereocenters. The second-order valence-corrected chi connectivity index (χ2v) is 8.18. The van der Waals surface area contributed by atoms with Crippen molar-refractivity contribution in [2.24, 2.45) is 0 Å². The number of fused-ring (bicyclic) bond motifs is 1. The van der Waals surface area contributed by atoms with Crippen molar-refractivity contribution in [2.45, 2.75) is 32.2 Å². The maximum absolute atomic E-state index is 12.8. The van der Waals surface area contributed by atoms with Gasteiger partial charge in [0.15, 0.2) is 0 Å². The molecular weight excluding hydrogens is 437 g/mol. The third-order valence-electron chi connectivity index (χ3n) is 4.34. The summed E-state index contributed by atoms with van der Waals surface area (Å²) < 4.78 is 2.76. The fraction of sp³-hybridized carbons (Fsp3) is 0.375. The quantitative estimate of drug-likeness (QED) is 0.558. The molecule has 3 heterocycles. The number of benzene rings is 1. The minimum Gasteiger partial charge on any atom is -0.333 e. The highest BCUT2D eigenvalue weighted by Gasteiger charge is 2.28. The van der Waals surface area contributed by atoms with Crippen molar-refractivity contribution in [1.29, 1.82) is 0 Å². The molecule has 1 fully saturated rings. The Labute approximate surface area is 157 Å². The van der Waals surface area contributed by atoms with Gasteiger partial charge in [0.1, 0.15) is 5.01 Å². The molecule has 0 aliphatic carbocycles. The van der Waals surface area contributed by atoms with Gasteiger partial charge in [-0.1, -0.05) is 23.5 Å². The molecule has 24 heavy (non-hydrogen) atoms. The Hall–Kier alpha value is -1.55. The smallest absolute Gasteiger partial charge is 0.293 e. The van der Waals surface area contributed by atoms with Crippen LogP contribution in [0.5, 0.6) is 0 Å². The molecule has 124 valence electrons. The number of carbonyl (C=O) groups excluding carboxylic acids is 1. The molecule has 1 aromatic carbocycles. The molecule has 3 aromatic rings. The lowest BCUT2D eigenvalue weighted by molar-refractivity contribution is 0.0620. The van der Waals surface area contributed by atoms with E-state index in [1.54, 1.807) is 4.52 Å². The van der Waals surface area contributed by atoms with Gasteiger partial charge in [0.25, 0.3) is 5.91 Å². The zero-order valence-electron chi connectivity index (χ0n) is 13.1. The summed E-state index contributed by atoms with van der Waals surface area (Å²) in [4.78, 5) is 15.4. The molecule has 1 aliphatic heterocycles.